The molecular formula is C48H38OS. The molecule has 0 radical (unpaired) electrons. The lowest BCUT2D eigenvalue weighted by atomic mass is 9.95. The van der Waals surface area contributed by atoms with E-state index in [1.807, 2.05) is 18.3 Å². The smallest absolute Gasteiger partial charge is 0.144 e. The summed E-state index contributed by atoms with van der Waals surface area (Å²) in [5.74, 6) is 0.936. The van der Waals surface area contributed by atoms with Crippen molar-refractivity contribution in [1.82, 2.24) is 0 Å². The van der Waals surface area contributed by atoms with Crippen LogP contribution >= 0.6 is 11.3 Å². The minimum absolute atomic E-state index is 0.936. The van der Waals surface area contributed by atoms with Crippen LogP contribution in [-0.4, -0.2) is 0 Å². The van der Waals surface area contributed by atoms with Gasteiger partial charge in [-0.1, -0.05) is 140 Å². The molecular weight excluding hydrogens is 625 g/mol. The van der Waals surface area contributed by atoms with Crippen LogP contribution in [0.25, 0.3) is 93.5 Å². The van der Waals surface area contributed by atoms with Gasteiger partial charge in [0.05, 0.1) is 0 Å². The highest BCUT2D eigenvalue weighted by atomic mass is 32.1. The predicted octanol–water partition coefficient (Wildman–Crippen LogP) is 13.0. The Kier molecular flexibility index (Phi) is 8.40. The summed E-state index contributed by atoms with van der Waals surface area (Å²) >= 11 is 1.87. The van der Waals surface area contributed by atoms with Crippen LogP contribution < -0.4 is 10.4 Å². The third-order valence-corrected chi connectivity index (χ3v) is 11.0. The summed E-state index contributed by atoms with van der Waals surface area (Å²) in [6.07, 6.45) is 8.60. The fourth-order valence-electron chi connectivity index (χ4n) is 7.41. The van der Waals surface area contributed by atoms with E-state index in [-0.39, 0.29) is 0 Å². The van der Waals surface area contributed by atoms with Crippen molar-refractivity contribution in [3.05, 3.63) is 161 Å². The van der Waals surface area contributed by atoms with E-state index in [9.17, 15) is 0 Å². The predicted molar refractivity (Wildman–Crippen MR) is 220 cm³/mol. The van der Waals surface area contributed by atoms with Gasteiger partial charge in [0.15, 0.2) is 0 Å². The monoisotopic (exact) mass is 662 g/mol. The molecule has 0 N–H and O–H groups in total. The molecule has 0 fully saturated rings. The number of thiophene rings is 1. The Labute approximate surface area is 297 Å². The summed E-state index contributed by atoms with van der Waals surface area (Å²) in [6.45, 7) is 8.50. The zero-order valence-electron chi connectivity index (χ0n) is 28.8. The van der Waals surface area contributed by atoms with Crippen molar-refractivity contribution in [2.24, 2.45) is 0 Å². The molecule has 2 aromatic heterocycles. The summed E-state index contributed by atoms with van der Waals surface area (Å²) in [5.41, 5.74) is 9.39. The highest BCUT2D eigenvalue weighted by Gasteiger charge is 2.20. The first-order chi connectivity index (χ1) is 24.6. The van der Waals surface area contributed by atoms with Crippen LogP contribution in [-0.2, 0) is 0 Å². The van der Waals surface area contributed by atoms with Crippen molar-refractivity contribution in [2.45, 2.75) is 27.7 Å². The molecule has 8 aromatic rings. The van der Waals surface area contributed by atoms with Crippen LogP contribution in [0.15, 0.2) is 144 Å². The van der Waals surface area contributed by atoms with Crippen molar-refractivity contribution >= 4 is 71.5 Å². The van der Waals surface area contributed by atoms with Crippen LogP contribution in [0.2, 0.25) is 0 Å². The van der Waals surface area contributed by atoms with Gasteiger partial charge in [-0.25, -0.2) is 0 Å². The lowest BCUT2D eigenvalue weighted by Crippen LogP contribution is -2.26. The quantitative estimate of drug-likeness (QED) is 0.183. The Balaban J connectivity index is 1.30. The average Bonchev–Trinajstić information content (AvgIpc) is 3.70. The normalized spacial score (nSPS) is 12.6. The third kappa shape index (κ3) is 5.33. The summed E-state index contributed by atoms with van der Waals surface area (Å²) in [7, 11) is 0. The molecule has 0 amide bonds. The maximum absolute atomic E-state index is 6.49. The van der Waals surface area contributed by atoms with Crippen LogP contribution in [0.1, 0.15) is 32.1 Å². The second-order valence-corrected chi connectivity index (χ2v) is 13.7. The van der Waals surface area contributed by atoms with Crippen molar-refractivity contribution < 1.29 is 4.42 Å². The van der Waals surface area contributed by atoms with Gasteiger partial charge in [-0.3, -0.25) is 0 Å². The maximum atomic E-state index is 6.49. The Morgan fingerprint density at radius 3 is 1.74 bits per heavy atom. The van der Waals surface area contributed by atoms with Gasteiger partial charge < -0.3 is 4.42 Å². The van der Waals surface area contributed by atoms with Gasteiger partial charge in [0, 0.05) is 36.5 Å². The summed E-state index contributed by atoms with van der Waals surface area (Å²) in [4.78, 5) is 0. The van der Waals surface area contributed by atoms with E-state index < -0.39 is 0 Å². The second kappa shape index (κ2) is 13.3. The number of allylic oxidation sites excluding steroid dienone is 1. The Bertz CT molecular complexity index is 2780. The first-order valence-corrected chi connectivity index (χ1v) is 18.1. The maximum Gasteiger partial charge on any atom is 0.144 e. The number of benzene rings is 5. The molecule has 242 valence electrons. The number of furan rings is 1. The number of hydrogen-bond donors (Lipinski definition) is 0. The highest BCUT2D eigenvalue weighted by molar-refractivity contribution is 7.27. The number of aryl methyl sites for hydroxylation is 1. The van der Waals surface area contributed by atoms with Gasteiger partial charge in [0.2, 0.25) is 0 Å². The van der Waals surface area contributed by atoms with E-state index in [4.69, 9.17) is 4.42 Å². The van der Waals surface area contributed by atoms with E-state index in [2.05, 4.69) is 179 Å². The fraction of sp³-hybridized carbons (Fsp3) is 0.0833. The van der Waals surface area contributed by atoms with Gasteiger partial charge in [-0.05, 0) is 95.1 Å². The zero-order chi connectivity index (χ0) is 34.2. The molecule has 1 nitrogen and oxygen atoms in total. The fourth-order valence-corrected chi connectivity index (χ4v) is 8.71. The van der Waals surface area contributed by atoms with Crippen molar-refractivity contribution in [2.75, 3.05) is 0 Å². The Morgan fingerprint density at radius 2 is 1.08 bits per heavy atom. The average molecular weight is 663 g/mol. The Morgan fingerprint density at radius 1 is 0.520 bits per heavy atom. The topological polar surface area (TPSA) is 13.1 Å². The summed E-state index contributed by atoms with van der Waals surface area (Å²) in [5, 5.41) is 8.67. The molecule has 0 aliphatic rings. The molecule has 0 spiro atoms. The Hall–Kier alpha value is -5.70. The molecule has 0 atom stereocenters. The van der Waals surface area contributed by atoms with Crippen LogP contribution in [0.3, 0.4) is 0 Å². The molecule has 6 aromatic carbocycles. The summed E-state index contributed by atoms with van der Waals surface area (Å²) < 4.78 is 9.08. The van der Waals surface area contributed by atoms with Gasteiger partial charge in [-0.15, -0.1) is 11.3 Å². The molecule has 8 rings (SSSR count). The van der Waals surface area contributed by atoms with Crippen LogP contribution in [0.5, 0.6) is 0 Å². The number of hydrogen-bond acceptors (Lipinski definition) is 2. The number of fused-ring (bicyclic) bond motifs is 8. The van der Waals surface area contributed by atoms with E-state index in [1.165, 1.54) is 80.3 Å². The molecule has 0 aliphatic heterocycles. The molecule has 0 unspecified atom stereocenters. The molecule has 2 heterocycles. The molecule has 2 heteroatoms. The SMILES string of the molecule is CC=c1c(-c2ccc(-c3ccc4sc5c6c(C)c(/C=C\C)oc6c6ccccc6c5c4c3)cc2)ccccccc(-c2ccccc2)/c1=C/C. The van der Waals surface area contributed by atoms with Gasteiger partial charge in [0.25, 0.3) is 0 Å². The van der Waals surface area contributed by atoms with E-state index >= 15 is 0 Å². The standard InChI is InChI=1S/C48H38OS/c1-5-17-43-31(4)45-47(49-43)41-23-16-15-22-40(41)46-42-30-35(28-29-44(42)50-48(45)46)32-24-26-34(27-25-32)39-21-14-9-8-13-20-38(33-18-11-10-12-19-33)36(6-2)37(39)7-3/h5-30H,1-4H3/b13-8?,14-9?,17-5-,36-6+,37-7?,38-20?,39-21?. The zero-order valence-corrected chi connectivity index (χ0v) is 29.6. The van der Waals surface area contributed by atoms with Crippen molar-refractivity contribution in [1.29, 1.82) is 0 Å². The lowest BCUT2D eigenvalue weighted by Gasteiger charge is -2.08. The van der Waals surface area contributed by atoms with E-state index in [0.717, 1.165) is 16.7 Å². The highest BCUT2D eigenvalue weighted by Crippen LogP contribution is 2.47. The molecule has 50 heavy (non-hydrogen) atoms. The second-order valence-electron chi connectivity index (χ2n) is 12.6. The molecule has 0 saturated heterocycles. The first kappa shape index (κ1) is 31.6. The lowest BCUT2D eigenvalue weighted by molar-refractivity contribution is 0.604. The van der Waals surface area contributed by atoms with Gasteiger partial charge in [-0.2, -0.15) is 0 Å². The van der Waals surface area contributed by atoms with E-state index in [0.29, 0.717) is 0 Å². The molecule has 0 aliphatic carbocycles. The van der Waals surface area contributed by atoms with Gasteiger partial charge in [0.1, 0.15) is 11.3 Å². The van der Waals surface area contributed by atoms with Crippen molar-refractivity contribution in [3.63, 3.8) is 0 Å². The third-order valence-electron chi connectivity index (χ3n) is 9.78. The summed E-state index contributed by atoms with van der Waals surface area (Å²) in [6, 6.07) is 48.3. The van der Waals surface area contributed by atoms with Crippen LogP contribution in [0.4, 0.5) is 0 Å². The minimum atomic E-state index is 0.936. The molecule has 0 bridgehead atoms. The van der Waals surface area contributed by atoms with E-state index in [1.54, 1.807) is 0 Å². The van der Waals surface area contributed by atoms with Crippen molar-refractivity contribution in [3.8, 4) is 33.4 Å². The number of rotatable bonds is 4. The first-order valence-electron chi connectivity index (χ1n) is 17.3. The largest absolute Gasteiger partial charge is 0.456 e. The van der Waals surface area contributed by atoms with Gasteiger partial charge >= 0.3 is 0 Å². The minimum Gasteiger partial charge on any atom is -0.456 e. The molecule has 0 saturated carbocycles. The van der Waals surface area contributed by atoms with Crippen LogP contribution in [0, 0.1) is 6.92 Å².